The van der Waals surface area contributed by atoms with E-state index in [1.165, 1.54) is 0 Å². The molecule has 1 heterocycles. The number of nitrogens with one attached hydrogen (secondary N) is 2. The molecule has 2 aromatic rings. The number of H-pyrrole nitrogens is 1. The number of aromatic nitrogens is 2. The van der Waals surface area contributed by atoms with Crippen LogP contribution in [0.1, 0.15) is 41.5 Å². The molecule has 0 unspecified atom stereocenters. The molecule has 0 aliphatic rings. The summed E-state index contributed by atoms with van der Waals surface area (Å²) in [5.41, 5.74) is 5.76. The second kappa shape index (κ2) is 6.89. The summed E-state index contributed by atoms with van der Waals surface area (Å²) in [4.78, 5) is 13.9. The molecule has 6 nitrogen and oxygen atoms in total. The molecule has 22 heavy (non-hydrogen) atoms. The maximum atomic E-state index is 11.9. The maximum Gasteiger partial charge on any atom is 0.291 e. The molecule has 6 heteroatoms. The monoisotopic (exact) mass is 299 g/mol. The molecule has 2 N–H and O–H groups in total. The number of carbonyl (C=O) groups excluding carboxylic acids is 1. The second-order valence-corrected chi connectivity index (χ2v) is 5.55. The van der Waals surface area contributed by atoms with Crippen molar-refractivity contribution in [3.63, 3.8) is 0 Å². The van der Waals surface area contributed by atoms with Crippen LogP contribution in [-0.4, -0.2) is 36.4 Å². The summed E-state index contributed by atoms with van der Waals surface area (Å²) in [6.07, 6.45) is 1.60. The van der Waals surface area contributed by atoms with Gasteiger partial charge in [-0.25, -0.2) is 5.43 Å². The number of anilines is 1. The fraction of sp³-hybridized carbons (Fsp3) is 0.312. The summed E-state index contributed by atoms with van der Waals surface area (Å²) in [5, 5.41) is 10.8. The van der Waals surface area contributed by atoms with E-state index < -0.39 is 0 Å². The van der Waals surface area contributed by atoms with Gasteiger partial charge in [0.05, 0.1) is 6.21 Å². The van der Waals surface area contributed by atoms with E-state index in [0.717, 1.165) is 16.9 Å². The van der Waals surface area contributed by atoms with Crippen molar-refractivity contribution in [3.8, 4) is 0 Å². The molecule has 0 radical (unpaired) electrons. The van der Waals surface area contributed by atoms with E-state index in [9.17, 15) is 4.79 Å². The van der Waals surface area contributed by atoms with Gasteiger partial charge in [-0.3, -0.25) is 9.89 Å². The molecule has 0 aliphatic heterocycles. The van der Waals surface area contributed by atoms with Gasteiger partial charge in [0, 0.05) is 25.5 Å². The number of rotatable bonds is 5. The molecular formula is C16H21N5O. The van der Waals surface area contributed by atoms with Gasteiger partial charge in [0.2, 0.25) is 0 Å². The first-order chi connectivity index (χ1) is 10.5. The Morgan fingerprint density at radius 1 is 1.32 bits per heavy atom. The lowest BCUT2D eigenvalue weighted by molar-refractivity contribution is 0.0950. The Bertz CT molecular complexity index is 655. The van der Waals surface area contributed by atoms with Gasteiger partial charge in [-0.2, -0.15) is 10.2 Å². The van der Waals surface area contributed by atoms with Crippen LogP contribution in [0.3, 0.4) is 0 Å². The van der Waals surface area contributed by atoms with Crippen molar-refractivity contribution in [2.45, 2.75) is 19.8 Å². The summed E-state index contributed by atoms with van der Waals surface area (Å²) in [7, 11) is 3.97. The Hall–Kier alpha value is -2.63. The molecule has 116 valence electrons. The van der Waals surface area contributed by atoms with Crippen LogP contribution in [0, 0.1) is 0 Å². The molecule has 0 aliphatic carbocycles. The molecule has 0 saturated heterocycles. The molecular weight excluding hydrogens is 278 g/mol. The van der Waals surface area contributed by atoms with E-state index in [1.54, 1.807) is 12.3 Å². The molecule has 1 aromatic carbocycles. The van der Waals surface area contributed by atoms with E-state index in [0.29, 0.717) is 11.6 Å². The van der Waals surface area contributed by atoms with Crippen molar-refractivity contribution >= 4 is 17.8 Å². The zero-order valence-electron chi connectivity index (χ0n) is 13.3. The van der Waals surface area contributed by atoms with Gasteiger partial charge in [-0.15, -0.1) is 0 Å². The average molecular weight is 299 g/mol. The number of benzene rings is 1. The molecule has 1 amide bonds. The standard InChI is InChI=1S/C16H21N5O/c1-11(2)14-9-15(19-18-14)16(22)20-17-10-12-5-7-13(8-6-12)21(3)4/h5-11H,1-4H3,(H,18,19)(H,20,22). The third-order valence-electron chi connectivity index (χ3n) is 3.24. The van der Waals surface area contributed by atoms with E-state index in [4.69, 9.17) is 0 Å². The van der Waals surface area contributed by atoms with Crippen LogP contribution in [0.4, 0.5) is 5.69 Å². The summed E-state index contributed by atoms with van der Waals surface area (Å²) < 4.78 is 0. The van der Waals surface area contributed by atoms with Crippen molar-refractivity contribution < 1.29 is 4.79 Å². The van der Waals surface area contributed by atoms with Gasteiger partial charge >= 0.3 is 0 Å². The van der Waals surface area contributed by atoms with Crippen molar-refractivity contribution in [2.24, 2.45) is 5.10 Å². The number of aromatic amines is 1. The van der Waals surface area contributed by atoms with Gasteiger partial charge in [0.15, 0.2) is 5.69 Å². The first-order valence-electron chi connectivity index (χ1n) is 7.13. The van der Waals surface area contributed by atoms with Crippen molar-refractivity contribution in [2.75, 3.05) is 19.0 Å². The van der Waals surface area contributed by atoms with Crippen LogP contribution in [0.5, 0.6) is 0 Å². The van der Waals surface area contributed by atoms with E-state index in [2.05, 4.69) is 20.7 Å². The van der Waals surface area contributed by atoms with Gasteiger partial charge in [0.1, 0.15) is 0 Å². The van der Waals surface area contributed by atoms with Gasteiger partial charge in [-0.05, 0) is 29.7 Å². The fourth-order valence-corrected chi connectivity index (χ4v) is 1.83. The van der Waals surface area contributed by atoms with E-state index in [1.807, 2.05) is 57.1 Å². The number of hydrogen-bond donors (Lipinski definition) is 2. The molecule has 2 rings (SSSR count). The Kier molecular flexibility index (Phi) is 4.93. The van der Waals surface area contributed by atoms with E-state index in [-0.39, 0.29) is 5.91 Å². The van der Waals surface area contributed by atoms with Crippen molar-refractivity contribution in [3.05, 3.63) is 47.3 Å². The lowest BCUT2D eigenvalue weighted by atomic mass is 10.1. The SMILES string of the molecule is CC(C)c1cc(C(=O)NN=Cc2ccc(N(C)C)cc2)n[nH]1. The quantitative estimate of drug-likeness (QED) is 0.657. The lowest BCUT2D eigenvalue weighted by Gasteiger charge is -2.11. The van der Waals surface area contributed by atoms with Crippen LogP contribution < -0.4 is 10.3 Å². The summed E-state index contributed by atoms with van der Waals surface area (Å²) in [5.74, 6) is -0.0305. The highest BCUT2D eigenvalue weighted by Gasteiger charge is 2.11. The van der Waals surface area contributed by atoms with E-state index >= 15 is 0 Å². The molecule has 1 aromatic heterocycles. The number of carbonyl (C=O) groups is 1. The average Bonchev–Trinajstić information content (AvgIpc) is 2.98. The Morgan fingerprint density at radius 3 is 2.55 bits per heavy atom. The van der Waals surface area contributed by atoms with Gasteiger partial charge in [0.25, 0.3) is 5.91 Å². The minimum Gasteiger partial charge on any atom is -0.378 e. The number of nitrogens with zero attached hydrogens (tertiary/aromatic N) is 3. The summed E-state index contributed by atoms with van der Waals surface area (Å²) in [6.45, 7) is 4.06. The van der Waals surface area contributed by atoms with Gasteiger partial charge < -0.3 is 4.90 Å². The predicted molar refractivity (Wildman–Crippen MR) is 88.5 cm³/mol. The van der Waals surface area contributed by atoms with Crippen LogP contribution in [-0.2, 0) is 0 Å². The molecule has 0 spiro atoms. The Balaban J connectivity index is 1.94. The zero-order chi connectivity index (χ0) is 16.1. The van der Waals surface area contributed by atoms with Crippen LogP contribution in [0.25, 0.3) is 0 Å². The number of amides is 1. The van der Waals surface area contributed by atoms with Crippen LogP contribution in [0.2, 0.25) is 0 Å². The molecule has 0 fully saturated rings. The number of hydrazone groups is 1. The third kappa shape index (κ3) is 3.94. The first-order valence-corrected chi connectivity index (χ1v) is 7.13. The minimum absolute atomic E-state index is 0.299. The molecule has 0 bridgehead atoms. The molecule has 0 saturated carbocycles. The smallest absolute Gasteiger partial charge is 0.291 e. The highest BCUT2D eigenvalue weighted by molar-refractivity contribution is 5.93. The summed E-state index contributed by atoms with van der Waals surface area (Å²) >= 11 is 0. The number of hydrogen-bond acceptors (Lipinski definition) is 4. The topological polar surface area (TPSA) is 73.4 Å². The van der Waals surface area contributed by atoms with Crippen LogP contribution >= 0.6 is 0 Å². The second-order valence-electron chi connectivity index (χ2n) is 5.55. The highest BCUT2D eigenvalue weighted by atomic mass is 16.2. The van der Waals surface area contributed by atoms with Crippen LogP contribution in [0.15, 0.2) is 35.4 Å². The lowest BCUT2D eigenvalue weighted by Crippen LogP contribution is -2.18. The Morgan fingerprint density at radius 2 is 2.00 bits per heavy atom. The fourth-order valence-electron chi connectivity index (χ4n) is 1.83. The minimum atomic E-state index is -0.329. The maximum absolute atomic E-state index is 11.9. The zero-order valence-corrected chi connectivity index (χ0v) is 13.3. The predicted octanol–water partition coefficient (Wildman–Crippen LogP) is 2.36. The third-order valence-corrected chi connectivity index (χ3v) is 3.24. The highest BCUT2D eigenvalue weighted by Crippen LogP contribution is 2.12. The Labute approximate surface area is 130 Å². The van der Waals surface area contributed by atoms with Crippen molar-refractivity contribution in [1.82, 2.24) is 15.6 Å². The van der Waals surface area contributed by atoms with Gasteiger partial charge in [-0.1, -0.05) is 26.0 Å². The normalized spacial score (nSPS) is 11.1. The van der Waals surface area contributed by atoms with Crippen molar-refractivity contribution in [1.29, 1.82) is 0 Å². The molecule has 0 atom stereocenters. The summed E-state index contributed by atoms with van der Waals surface area (Å²) in [6, 6.07) is 9.60. The first kappa shape index (κ1) is 15.8. The largest absolute Gasteiger partial charge is 0.378 e.